The van der Waals surface area contributed by atoms with Crippen LogP contribution in [0.15, 0.2) is 0 Å². The number of hydrogen-bond acceptors (Lipinski definition) is 1. The van der Waals surface area contributed by atoms with Crippen LogP contribution in [0.1, 0.15) is 71.6 Å². The first-order valence-electron chi connectivity index (χ1n) is 9.73. The second-order valence-electron chi connectivity index (χ2n) is 9.72. The SMILES string of the molecule is C#C[C@@]1(O)CC[C@H]2[C@@H]3CC[C@@H]4CC(F)(F)CC[C@]4(C)[C@H]3CC[C@@]21C. The fourth-order valence-corrected chi connectivity index (χ4v) is 7.43. The van der Waals surface area contributed by atoms with Gasteiger partial charge in [0.1, 0.15) is 5.60 Å². The molecule has 0 bridgehead atoms. The maximum absolute atomic E-state index is 13.9. The van der Waals surface area contributed by atoms with Crippen molar-refractivity contribution in [1.82, 2.24) is 0 Å². The van der Waals surface area contributed by atoms with Crippen LogP contribution in [0.5, 0.6) is 0 Å². The summed E-state index contributed by atoms with van der Waals surface area (Å²) < 4.78 is 27.9. The highest BCUT2D eigenvalue weighted by Crippen LogP contribution is 2.68. The van der Waals surface area contributed by atoms with Gasteiger partial charge < -0.3 is 5.11 Å². The van der Waals surface area contributed by atoms with E-state index in [2.05, 4.69) is 19.8 Å². The van der Waals surface area contributed by atoms with Crippen molar-refractivity contribution in [1.29, 1.82) is 0 Å². The molecule has 1 nitrogen and oxygen atoms in total. The molecule has 4 aliphatic rings. The van der Waals surface area contributed by atoms with E-state index in [0.29, 0.717) is 30.6 Å². The molecular weight excluding hydrogens is 306 g/mol. The minimum Gasteiger partial charge on any atom is -0.377 e. The lowest BCUT2D eigenvalue weighted by atomic mass is 9.44. The molecule has 4 aliphatic carbocycles. The van der Waals surface area contributed by atoms with Crippen molar-refractivity contribution < 1.29 is 13.9 Å². The molecule has 0 amide bonds. The molecule has 3 heteroatoms. The monoisotopic (exact) mass is 336 g/mol. The second-order valence-corrected chi connectivity index (χ2v) is 9.72. The van der Waals surface area contributed by atoms with Crippen molar-refractivity contribution in [2.75, 3.05) is 0 Å². The van der Waals surface area contributed by atoms with Crippen molar-refractivity contribution in [3.8, 4) is 12.3 Å². The van der Waals surface area contributed by atoms with Crippen molar-refractivity contribution in [2.45, 2.75) is 83.2 Å². The summed E-state index contributed by atoms with van der Waals surface area (Å²) in [4.78, 5) is 0. The Kier molecular flexibility index (Phi) is 3.48. The molecule has 4 rings (SSSR count). The van der Waals surface area contributed by atoms with Gasteiger partial charge in [0.05, 0.1) is 0 Å². The smallest absolute Gasteiger partial charge is 0.248 e. The standard InChI is InChI=1S/C21H30F2O/c1-4-20(24)10-8-17-15-6-5-14-13-21(22,23)12-11-18(14,2)16(15)7-9-19(17,20)3/h1,14-17,24H,5-13H2,2-3H3/t14-,15-,16+,17+,18+,19+,20-/m1/s1. The number of alkyl halides is 2. The molecular formula is C21H30F2O. The summed E-state index contributed by atoms with van der Waals surface area (Å²) in [6.45, 7) is 4.47. The quantitative estimate of drug-likeness (QED) is 0.615. The molecule has 24 heavy (non-hydrogen) atoms. The van der Waals surface area contributed by atoms with Crippen molar-refractivity contribution in [3.05, 3.63) is 0 Å². The van der Waals surface area contributed by atoms with Crippen LogP contribution in [0, 0.1) is 46.8 Å². The molecule has 4 saturated carbocycles. The lowest BCUT2D eigenvalue weighted by Crippen LogP contribution is -2.57. The van der Waals surface area contributed by atoms with Crippen molar-refractivity contribution >= 4 is 0 Å². The molecule has 0 aromatic heterocycles. The molecule has 0 heterocycles. The fraction of sp³-hybridized carbons (Fsp3) is 0.905. The molecule has 0 aromatic rings. The van der Waals surface area contributed by atoms with Gasteiger partial charge in [0.2, 0.25) is 5.92 Å². The number of rotatable bonds is 0. The number of terminal acetylenes is 1. The van der Waals surface area contributed by atoms with E-state index in [-0.39, 0.29) is 29.6 Å². The van der Waals surface area contributed by atoms with E-state index in [4.69, 9.17) is 6.42 Å². The van der Waals surface area contributed by atoms with Crippen molar-refractivity contribution in [3.63, 3.8) is 0 Å². The van der Waals surface area contributed by atoms with Gasteiger partial charge in [0.15, 0.2) is 0 Å². The largest absolute Gasteiger partial charge is 0.377 e. The lowest BCUT2D eigenvalue weighted by molar-refractivity contribution is -0.171. The van der Waals surface area contributed by atoms with Crippen LogP contribution in [0.4, 0.5) is 8.78 Å². The van der Waals surface area contributed by atoms with E-state index >= 15 is 0 Å². The van der Waals surface area contributed by atoms with E-state index in [9.17, 15) is 13.9 Å². The van der Waals surface area contributed by atoms with E-state index < -0.39 is 11.5 Å². The highest BCUT2D eigenvalue weighted by atomic mass is 19.3. The third kappa shape index (κ3) is 2.02. The predicted molar refractivity (Wildman–Crippen MR) is 90.5 cm³/mol. The Morgan fingerprint density at radius 1 is 0.958 bits per heavy atom. The van der Waals surface area contributed by atoms with Crippen LogP contribution >= 0.6 is 0 Å². The first-order chi connectivity index (χ1) is 11.2. The summed E-state index contributed by atoms with van der Waals surface area (Å²) >= 11 is 0. The molecule has 4 fully saturated rings. The fourth-order valence-electron chi connectivity index (χ4n) is 7.43. The van der Waals surface area contributed by atoms with Crippen LogP contribution in [0.2, 0.25) is 0 Å². The summed E-state index contributed by atoms with van der Waals surface area (Å²) in [5, 5.41) is 11.0. The van der Waals surface area contributed by atoms with Gasteiger partial charge in [-0.1, -0.05) is 19.8 Å². The van der Waals surface area contributed by atoms with Crippen LogP contribution in [0.25, 0.3) is 0 Å². The maximum Gasteiger partial charge on any atom is 0.248 e. The minimum absolute atomic E-state index is 0.0550. The predicted octanol–water partition coefficient (Wildman–Crippen LogP) is 5.03. The number of hydrogen-bond donors (Lipinski definition) is 1. The van der Waals surface area contributed by atoms with E-state index in [0.717, 1.165) is 32.1 Å². The Bertz CT molecular complexity index is 581. The van der Waals surface area contributed by atoms with Gasteiger partial charge in [-0.15, -0.1) is 6.42 Å². The zero-order chi connectivity index (χ0) is 17.4. The summed E-state index contributed by atoms with van der Waals surface area (Å²) in [5.74, 6) is 1.96. The molecule has 0 saturated heterocycles. The lowest BCUT2D eigenvalue weighted by Gasteiger charge is -2.61. The third-order valence-electron chi connectivity index (χ3n) is 9.03. The van der Waals surface area contributed by atoms with Gasteiger partial charge in [-0.3, -0.25) is 0 Å². The molecule has 134 valence electrons. The Hall–Kier alpha value is -0.620. The summed E-state index contributed by atoms with van der Waals surface area (Å²) in [7, 11) is 0. The van der Waals surface area contributed by atoms with Gasteiger partial charge >= 0.3 is 0 Å². The van der Waals surface area contributed by atoms with Gasteiger partial charge in [-0.2, -0.15) is 0 Å². The Balaban J connectivity index is 1.64. The molecule has 0 radical (unpaired) electrons. The van der Waals surface area contributed by atoms with Crippen molar-refractivity contribution in [2.24, 2.45) is 34.5 Å². The number of aliphatic hydroxyl groups is 1. The molecule has 7 atom stereocenters. The van der Waals surface area contributed by atoms with Gasteiger partial charge in [-0.25, -0.2) is 8.78 Å². The molecule has 0 aliphatic heterocycles. The van der Waals surface area contributed by atoms with Crippen LogP contribution < -0.4 is 0 Å². The molecule has 0 aromatic carbocycles. The highest BCUT2D eigenvalue weighted by molar-refractivity contribution is 5.23. The summed E-state index contributed by atoms with van der Waals surface area (Å²) in [6, 6.07) is 0. The Labute approximate surface area is 144 Å². The average Bonchev–Trinajstić information content (AvgIpc) is 2.80. The maximum atomic E-state index is 13.9. The summed E-state index contributed by atoms with van der Waals surface area (Å²) in [5.41, 5.74) is -1.10. The van der Waals surface area contributed by atoms with Gasteiger partial charge in [0.25, 0.3) is 0 Å². The first-order valence-corrected chi connectivity index (χ1v) is 9.73. The number of halogens is 2. The van der Waals surface area contributed by atoms with Gasteiger partial charge in [-0.05, 0) is 74.0 Å². The van der Waals surface area contributed by atoms with Crippen LogP contribution in [-0.2, 0) is 0 Å². The summed E-state index contributed by atoms with van der Waals surface area (Å²) in [6.07, 6.45) is 12.2. The molecule has 0 unspecified atom stereocenters. The Morgan fingerprint density at radius 2 is 1.67 bits per heavy atom. The zero-order valence-corrected chi connectivity index (χ0v) is 15.0. The minimum atomic E-state index is -2.46. The van der Waals surface area contributed by atoms with E-state index in [1.165, 1.54) is 0 Å². The number of fused-ring (bicyclic) bond motifs is 5. The van der Waals surface area contributed by atoms with Gasteiger partial charge in [0, 0.05) is 18.3 Å². The molecule has 1 N–H and O–H groups in total. The van der Waals surface area contributed by atoms with E-state index in [1.807, 2.05) is 0 Å². The third-order valence-corrected chi connectivity index (χ3v) is 9.03. The van der Waals surface area contributed by atoms with E-state index in [1.54, 1.807) is 0 Å². The average molecular weight is 336 g/mol. The topological polar surface area (TPSA) is 20.2 Å². The van der Waals surface area contributed by atoms with Crippen LogP contribution in [-0.4, -0.2) is 16.6 Å². The first kappa shape index (κ1) is 16.8. The zero-order valence-electron chi connectivity index (χ0n) is 15.0. The second kappa shape index (κ2) is 4.97. The highest BCUT2D eigenvalue weighted by Gasteiger charge is 2.65. The molecule has 0 spiro atoms. The van der Waals surface area contributed by atoms with Crippen LogP contribution in [0.3, 0.4) is 0 Å². The Morgan fingerprint density at radius 3 is 2.38 bits per heavy atom. The normalized spacial score (nSPS) is 55.8.